The van der Waals surface area contributed by atoms with Gasteiger partial charge in [0.05, 0.1) is 11.9 Å². The molecule has 2 aromatic heterocycles. The lowest BCUT2D eigenvalue weighted by Gasteiger charge is -1.97. The molecule has 5 N–H and O–H groups in total. The highest BCUT2D eigenvalue weighted by atomic mass is 15.1. The Labute approximate surface area is 91.3 Å². The molecule has 0 aliphatic carbocycles. The highest BCUT2D eigenvalue weighted by Gasteiger charge is 2.04. The van der Waals surface area contributed by atoms with Crippen LogP contribution in [0.15, 0.2) is 22.4 Å². The molecule has 0 saturated heterocycles. The Morgan fingerprint density at radius 1 is 1.50 bits per heavy atom. The van der Waals surface area contributed by atoms with Crippen LogP contribution in [0.2, 0.25) is 0 Å². The predicted octanol–water partition coefficient (Wildman–Crippen LogP) is 0.200. The molecule has 0 aromatic carbocycles. The Kier molecular flexibility index (Phi) is 2.50. The van der Waals surface area contributed by atoms with E-state index in [2.05, 4.69) is 25.0 Å². The molecule has 0 aliphatic rings. The number of nitrogens with zero attached hydrogens (tertiary/aromatic N) is 4. The third kappa shape index (κ3) is 1.83. The van der Waals surface area contributed by atoms with Crippen LogP contribution in [0.3, 0.4) is 0 Å². The molecule has 0 atom stereocenters. The van der Waals surface area contributed by atoms with Crippen LogP contribution >= 0.6 is 0 Å². The van der Waals surface area contributed by atoms with Crippen LogP contribution in [-0.2, 0) is 0 Å². The zero-order valence-corrected chi connectivity index (χ0v) is 8.68. The topological polar surface area (TPSA) is 118 Å². The quantitative estimate of drug-likeness (QED) is 0.288. The standard InChI is InChI=1S/C9H11N7/c1-5-6-2-3-12-8(6)16-9(14-5)15-7(10)4-13-11/h2-4H,11H2,1H3,(H3,10,12,14,15,16)/b13-4-. The van der Waals surface area contributed by atoms with Gasteiger partial charge in [0.1, 0.15) is 11.5 Å². The largest absolute Gasteiger partial charge is 0.382 e. The number of hydrazone groups is 1. The fourth-order valence-electron chi connectivity index (χ4n) is 1.35. The number of nitrogens with one attached hydrogen (secondary N) is 1. The van der Waals surface area contributed by atoms with Gasteiger partial charge in [-0.1, -0.05) is 0 Å². The fourth-order valence-corrected chi connectivity index (χ4v) is 1.35. The molecule has 2 rings (SSSR count). The molecule has 0 aliphatic heterocycles. The molecule has 7 heteroatoms. The van der Waals surface area contributed by atoms with Gasteiger partial charge in [-0.15, -0.1) is 0 Å². The van der Waals surface area contributed by atoms with Crippen LogP contribution in [0.25, 0.3) is 11.0 Å². The summed E-state index contributed by atoms with van der Waals surface area (Å²) >= 11 is 0. The normalized spacial score (nSPS) is 12.7. The third-order valence-electron chi connectivity index (χ3n) is 2.03. The lowest BCUT2D eigenvalue weighted by Crippen LogP contribution is -2.13. The molecule has 2 aromatic rings. The number of nitrogens with two attached hydrogens (primary N) is 2. The molecule has 0 spiro atoms. The lowest BCUT2D eigenvalue weighted by atomic mass is 10.3. The summed E-state index contributed by atoms with van der Waals surface area (Å²) in [6.07, 6.45) is 3.03. The van der Waals surface area contributed by atoms with Crippen molar-refractivity contribution >= 4 is 29.0 Å². The van der Waals surface area contributed by atoms with Gasteiger partial charge in [0.2, 0.25) is 0 Å². The Hall–Kier alpha value is -2.44. The average Bonchev–Trinajstić information content (AvgIpc) is 2.66. The maximum absolute atomic E-state index is 5.52. The van der Waals surface area contributed by atoms with Gasteiger partial charge < -0.3 is 16.6 Å². The van der Waals surface area contributed by atoms with Crippen LogP contribution < -0.4 is 11.6 Å². The van der Waals surface area contributed by atoms with Crippen LogP contribution in [0, 0.1) is 6.92 Å². The van der Waals surface area contributed by atoms with Crippen molar-refractivity contribution in [3.8, 4) is 0 Å². The van der Waals surface area contributed by atoms with Gasteiger partial charge in [-0.05, 0) is 13.0 Å². The minimum atomic E-state index is 0.160. The minimum absolute atomic E-state index is 0.160. The SMILES string of the molecule is Cc1nc(/N=C(N)/C=N\N)nc2[nH]ccc12. The van der Waals surface area contributed by atoms with Gasteiger partial charge in [0, 0.05) is 11.6 Å². The van der Waals surface area contributed by atoms with Crippen molar-refractivity contribution in [2.24, 2.45) is 21.7 Å². The lowest BCUT2D eigenvalue weighted by molar-refractivity contribution is 1.12. The number of aromatic nitrogens is 3. The summed E-state index contributed by atoms with van der Waals surface area (Å²) in [6.45, 7) is 1.88. The second-order valence-electron chi connectivity index (χ2n) is 3.16. The number of hydrogen-bond donors (Lipinski definition) is 3. The highest BCUT2D eigenvalue weighted by molar-refractivity contribution is 6.29. The van der Waals surface area contributed by atoms with Crippen LogP contribution in [0.1, 0.15) is 5.69 Å². The number of aliphatic imine (C=N–C) groups is 1. The van der Waals surface area contributed by atoms with E-state index in [9.17, 15) is 0 Å². The van der Waals surface area contributed by atoms with E-state index in [0.29, 0.717) is 0 Å². The average molecular weight is 217 g/mol. The van der Waals surface area contributed by atoms with Crippen molar-refractivity contribution in [2.75, 3.05) is 0 Å². The summed E-state index contributed by atoms with van der Waals surface area (Å²) in [5.74, 6) is 5.39. The summed E-state index contributed by atoms with van der Waals surface area (Å²) < 4.78 is 0. The van der Waals surface area contributed by atoms with Gasteiger partial charge >= 0.3 is 0 Å². The van der Waals surface area contributed by atoms with E-state index in [1.165, 1.54) is 6.21 Å². The van der Waals surface area contributed by atoms with Crippen LogP contribution in [0.4, 0.5) is 5.95 Å². The van der Waals surface area contributed by atoms with Crippen molar-refractivity contribution in [3.05, 3.63) is 18.0 Å². The number of fused-ring (bicyclic) bond motifs is 1. The predicted molar refractivity (Wildman–Crippen MR) is 62.6 cm³/mol. The van der Waals surface area contributed by atoms with Crippen molar-refractivity contribution in [3.63, 3.8) is 0 Å². The first kappa shape index (κ1) is 10.1. The molecule has 82 valence electrons. The van der Waals surface area contributed by atoms with Gasteiger partial charge in [-0.3, -0.25) is 0 Å². The Balaban J connectivity index is 2.50. The molecule has 7 nitrogen and oxygen atoms in total. The second-order valence-corrected chi connectivity index (χ2v) is 3.16. The Bertz CT molecular complexity index is 566. The number of rotatable bonds is 2. The van der Waals surface area contributed by atoms with Gasteiger partial charge in [0.25, 0.3) is 5.95 Å². The molecule has 16 heavy (non-hydrogen) atoms. The van der Waals surface area contributed by atoms with Gasteiger partial charge in [-0.2, -0.15) is 15.1 Å². The van der Waals surface area contributed by atoms with E-state index in [0.717, 1.165) is 16.7 Å². The van der Waals surface area contributed by atoms with Crippen molar-refractivity contribution in [1.29, 1.82) is 0 Å². The summed E-state index contributed by atoms with van der Waals surface area (Å²) in [6, 6.07) is 1.91. The first-order valence-corrected chi connectivity index (χ1v) is 4.60. The fraction of sp³-hybridized carbons (Fsp3) is 0.111. The number of aromatic amines is 1. The number of hydrogen-bond acceptors (Lipinski definition) is 5. The zero-order chi connectivity index (χ0) is 11.5. The number of amidine groups is 1. The maximum Gasteiger partial charge on any atom is 0.253 e. The summed E-state index contributed by atoms with van der Waals surface area (Å²) in [5.41, 5.74) is 7.08. The van der Waals surface area contributed by atoms with E-state index in [1.807, 2.05) is 13.0 Å². The summed E-state index contributed by atoms with van der Waals surface area (Å²) in [5, 5.41) is 4.23. The molecule has 0 radical (unpaired) electrons. The second kappa shape index (κ2) is 3.97. The smallest absolute Gasteiger partial charge is 0.253 e. The Morgan fingerprint density at radius 3 is 3.06 bits per heavy atom. The van der Waals surface area contributed by atoms with Crippen molar-refractivity contribution in [1.82, 2.24) is 15.0 Å². The summed E-state index contributed by atoms with van der Waals surface area (Å²) in [4.78, 5) is 15.3. The summed E-state index contributed by atoms with van der Waals surface area (Å²) in [7, 11) is 0. The van der Waals surface area contributed by atoms with E-state index in [4.69, 9.17) is 11.6 Å². The maximum atomic E-state index is 5.52. The van der Waals surface area contributed by atoms with E-state index >= 15 is 0 Å². The first-order chi connectivity index (χ1) is 7.70. The van der Waals surface area contributed by atoms with Gasteiger partial charge in [-0.25, -0.2) is 4.98 Å². The molecule has 0 bridgehead atoms. The molecular formula is C9H11N7. The van der Waals surface area contributed by atoms with E-state index in [-0.39, 0.29) is 11.8 Å². The molecule has 2 heterocycles. The van der Waals surface area contributed by atoms with E-state index in [1.54, 1.807) is 6.20 Å². The van der Waals surface area contributed by atoms with Crippen molar-refractivity contribution in [2.45, 2.75) is 6.92 Å². The minimum Gasteiger partial charge on any atom is -0.382 e. The first-order valence-electron chi connectivity index (χ1n) is 4.60. The molecule has 0 amide bonds. The van der Waals surface area contributed by atoms with Crippen LogP contribution in [0.5, 0.6) is 0 Å². The van der Waals surface area contributed by atoms with Crippen molar-refractivity contribution < 1.29 is 0 Å². The van der Waals surface area contributed by atoms with E-state index < -0.39 is 0 Å². The van der Waals surface area contributed by atoms with Gasteiger partial charge in [0.15, 0.2) is 0 Å². The number of aryl methyl sites for hydroxylation is 1. The number of H-pyrrole nitrogens is 1. The monoisotopic (exact) mass is 217 g/mol. The third-order valence-corrected chi connectivity index (χ3v) is 2.03. The van der Waals surface area contributed by atoms with Crippen LogP contribution in [-0.4, -0.2) is 27.0 Å². The molecule has 0 unspecified atom stereocenters. The molecule has 0 fully saturated rings. The Morgan fingerprint density at radius 2 is 2.31 bits per heavy atom. The molecular weight excluding hydrogens is 206 g/mol. The molecule has 0 saturated carbocycles. The highest BCUT2D eigenvalue weighted by Crippen LogP contribution is 2.16. The zero-order valence-electron chi connectivity index (χ0n) is 8.68.